The highest BCUT2D eigenvalue weighted by atomic mass is 16.3. The lowest BCUT2D eigenvalue weighted by Gasteiger charge is -2.30. The van der Waals surface area contributed by atoms with E-state index < -0.39 is 0 Å². The first-order valence-corrected chi connectivity index (χ1v) is 9.12. The molecule has 2 N–H and O–H groups in total. The van der Waals surface area contributed by atoms with E-state index in [0.717, 1.165) is 42.1 Å². The summed E-state index contributed by atoms with van der Waals surface area (Å²) in [6.45, 7) is 6.17. The molecule has 0 saturated carbocycles. The largest absolute Gasteiger partial charge is 0.507 e. The molecule has 1 aromatic carbocycles. The number of nitrogens with one attached hydrogen (secondary N) is 1. The molecule has 1 fully saturated rings. The first-order valence-electron chi connectivity index (χ1n) is 9.12. The Bertz CT molecular complexity index is 949. The van der Waals surface area contributed by atoms with E-state index in [1.807, 2.05) is 29.7 Å². The summed E-state index contributed by atoms with van der Waals surface area (Å²) < 4.78 is 2.05. The minimum Gasteiger partial charge on any atom is -0.507 e. The fraction of sp³-hybridized carbons (Fsp3) is 0.400. The zero-order valence-corrected chi connectivity index (χ0v) is 15.5. The Labute approximate surface area is 153 Å². The van der Waals surface area contributed by atoms with Gasteiger partial charge in [0.25, 0.3) is 0 Å². The van der Waals surface area contributed by atoms with E-state index in [9.17, 15) is 5.11 Å². The van der Waals surface area contributed by atoms with Crippen LogP contribution in [0.5, 0.6) is 5.75 Å². The molecule has 26 heavy (non-hydrogen) atoms. The molecule has 0 amide bonds. The number of aryl methyl sites for hydroxylation is 2. The Balaban J connectivity index is 1.77. The number of phenolic OH excluding ortho intramolecular Hbond substituents is 1. The molecule has 0 spiro atoms. The van der Waals surface area contributed by atoms with E-state index in [2.05, 4.69) is 40.5 Å². The molecule has 1 aliphatic heterocycles. The lowest BCUT2D eigenvalue weighted by molar-refractivity contribution is 0.260. The van der Waals surface area contributed by atoms with Gasteiger partial charge in [0, 0.05) is 24.3 Å². The van der Waals surface area contributed by atoms with Crippen LogP contribution in [0.3, 0.4) is 0 Å². The van der Waals surface area contributed by atoms with Crippen molar-refractivity contribution in [2.24, 2.45) is 0 Å². The van der Waals surface area contributed by atoms with Crippen molar-refractivity contribution in [1.29, 1.82) is 0 Å². The third-order valence-corrected chi connectivity index (χ3v) is 5.15. The first-order chi connectivity index (χ1) is 12.5. The number of likely N-dealkylation sites (tertiary alicyclic amines) is 1. The number of hydrogen-bond acceptors (Lipinski definition) is 5. The number of nitrogens with zero attached hydrogens (tertiary/aromatic N) is 4. The minimum atomic E-state index is 0.233. The second-order valence-corrected chi connectivity index (χ2v) is 7.36. The summed E-state index contributed by atoms with van der Waals surface area (Å²) in [5.41, 5.74) is 4.52. The normalized spacial score (nSPS) is 18.3. The lowest BCUT2D eigenvalue weighted by Crippen LogP contribution is -2.40. The Morgan fingerprint density at radius 2 is 2.04 bits per heavy atom. The topological polar surface area (TPSA) is 65.7 Å². The number of fused-ring (bicyclic) bond motifs is 1. The smallest absolute Gasteiger partial charge is 0.228 e. The van der Waals surface area contributed by atoms with Crippen LogP contribution >= 0.6 is 0 Å². The fourth-order valence-corrected chi connectivity index (χ4v) is 3.79. The molecular weight excluding hydrogens is 326 g/mol. The van der Waals surface area contributed by atoms with Crippen molar-refractivity contribution in [3.8, 4) is 17.0 Å². The average Bonchev–Trinajstić information content (AvgIpc) is 2.99. The molecule has 0 unspecified atom stereocenters. The standard InChI is InChI=1S/C20H25N5O/c1-13-6-7-16(17(26)11-13)18-19-14(2)8-10-25(19)20(23-22-18)21-15-5-4-9-24(3)12-15/h6-8,10-11,15,26H,4-5,9,12H2,1-3H3,(H,21,23)/t15-/m1/s1. The quantitative estimate of drug-likeness (QED) is 0.758. The van der Waals surface area contributed by atoms with Gasteiger partial charge in [0.15, 0.2) is 0 Å². The van der Waals surface area contributed by atoms with Crippen LogP contribution in [0.4, 0.5) is 5.95 Å². The molecule has 6 heteroatoms. The Morgan fingerprint density at radius 3 is 2.81 bits per heavy atom. The second kappa shape index (κ2) is 6.61. The van der Waals surface area contributed by atoms with Crippen LogP contribution < -0.4 is 5.32 Å². The van der Waals surface area contributed by atoms with Gasteiger partial charge in [-0.15, -0.1) is 10.2 Å². The number of likely N-dealkylation sites (N-methyl/N-ethyl adjacent to an activating group) is 1. The molecule has 1 saturated heterocycles. The number of phenols is 1. The number of benzene rings is 1. The van der Waals surface area contributed by atoms with Crippen molar-refractivity contribution >= 4 is 11.5 Å². The van der Waals surface area contributed by atoms with E-state index >= 15 is 0 Å². The molecule has 3 heterocycles. The first kappa shape index (κ1) is 16.8. The van der Waals surface area contributed by atoms with Crippen LogP contribution in [0.25, 0.3) is 16.8 Å². The van der Waals surface area contributed by atoms with E-state index in [1.54, 1.807) is 6.07 Å². The molecule has 0 aliphatic carbocycles. The van der Waals surface area contributed by atoms with Crippen molar-refractivity contribution in [2.75, 3.05) is 25.5 Å². The SMILES string of the molecule is Cc1ccc(-c2nnc(N[C@@H]3CCCN(C)C3)n3ccc(C)c23)c(O)c1. The van der Waals surface area contributed by atoms with Crippen LogP contribution in [0, 0.1) is 13.8 Å². The van der Waals surface area contributed by atoms with Gasteiger partial charge in [-0.05, 0) is 69.6 Å². The highest BCUT2D eigenvalue weighted by Gasteiger charge is 2.20. The number of hydrogen-bond donors (Lipinski definition) is 2. The molecule has 2 aromatic heterocycles. The maximum absolute atomic E-state index is 10.4. The molecule has 0 radical (unpaired) electrons. The van der Waals surface area contributed by atoms with Crippen molar-refractivity contribution < 1.29 is 5.11 Å². The van der Waals surface area contributed by atoms with Gasteiger partial charge in [-0.25, -0.2) is 0 Å². The van der Waals surface area contributed by atoms with E-state index in [1.165, 1.54) is 6.42 Å². The van der Waals surface area contributed by atoms with Crippen LogP contribution in [0.15, 0.2) is 30.5 Å². The van der Waals surface area contributed by atoms with E-state index in [-0.39, 0.29) is 5.75 Å². The van der Waals surface area contributed by atoms with E-state index in [0.29, 0.717) is 17.3 Å². The molecule has 1 aliphatic rings. The summed E-state index contributed by atoms with van der Waals surface area (Å²) >= 11 is 0. The summed E-state index contributed by atoms with van der Waals surface area (Å²) in [5.74, 6) is 0.986. The van der Waals surface area contributed by atoms with Gasteiger partial charge in [0.2, 0.25) is 5.95 Å². The zero-order chi connectivity index (χ0) is 18.3. The summed E-state index contributed by atoms with van der Waals surface area (Å²) in [5, 5.41) is 22.9. The van der Waals surface area contributed by atoms with Crippen molar-refractivity contribution in [1.82, 2.24) is 19.5 Å². The van der Waals surface area contributed by atoms with Crippen LogP contribution in [0.2, 0.25) is 0 Å². The monoisotopic (exact) mass is 351 g/mol. The summed E-state index contributed by atoms with van der Waals surface area (Å²) in [6, 6.07) is 8.08. The Morgan fingerprint density at radius 1 is 1.19 bits per heavy atom. The average molecular weight is 351 g/mol. The molecule has 6 nitrogen and oxygen atoms in total. The minimum absolute atomic E-state index is 0.233. The molecule has 0 bridgehead atoms. The summed E-state index contributed by atoms with van der Waals surface area (Å²) in [6.07, 6.45) is 4.34. The van der Waals surface area contributed by atoms with Crippen molar-refractivity contribution in [3.05, 3.63) is 41.6 Å². The van der Waals surface area contributed by atoms with Gasteiger partial charge in [0.1, 0.15) is 11.4 Å². The van der Waals surface area contributed by atoms with Gasteiger partial charge in [-0.3, -0.25) is 4.40 Å². The lowest BCUT2D eigenvalue weighted by atomic mass is 10.1. The molecule has 4 rings (SSSR count). The Hall–Kier alpha value is -2.60. The third kappa shape index (κ3) is 3.01. The summed E-state index contributed by atoms with van der Waals surface area (Å²) in [7, 11) is 2.15. The van der Waals surface area contributed by atoms with Crippen LogP contribution in [-0.4, -0.2) is 50.8 Å². The summed E-state index contributed by atoms with van der Waals surface area (Å²) in [4.78, 5) is 2.34. The number of aromatic nitrogens is 3. The molecular formula is C20H25N5O. The van der Waals surface area contributed by atoms with Gasteiger partial charge < -0.3 is 15.3 Å². The second-order valence-electron chi connectivity index (χ2n) is 7.36. The molecule has 3 aromatic rings. The number of aromatic hydroxyl groups is 1. The Kier molecular flexibility index (Phi) is 4.28. The predicted molar refractivity (Wildman–Crippen MR) is 104 cm³/mol. The number of rotatable bonds is 3. The molecule has 1 atom stereocenters. The van der Waals surface area contributed by atoms with Gasteiger partial charge in [0.05, 0.1) is 5.52 Å². The zero-order valence-electron chi connectivity index (χ0n) is 15.5. The molecule has 136 valence electrons. The predicted octanol–water partition coefficient (Wildman–Crippen LogP) is 3.22. The van der Waals surface area contributed by atoms with Crippen LogP contribution in [0.1, 0.15) is 24.0 Å². The number of anilines is 1. The van der Waals surface area contributed by atoms with Gasteiger partial charge in [-0.2, -0.15) is 0 Å². The van der Waals surface area contributed by atoms with Crippen molar-refractivity contribution in [2.45, 2.75) is 32.7 Å². The third-order valence-electron chi connectivity index (χ3n) is 5.15. The highest BCUT2D eigenvalue weighted by Crippen LogP contribution is 2.33. The fourth-order valence-electron chi connectivity index (χ4n) is 3.79. The van der Waals surface area contributed by atoms with E-state index in [4.69, 9.17) is 0 Å². The maximum atomic E-state index is 10.4. The van der Waals surface area contributed by atoms with Gasteiger partial charge in [-0.1, -0.05) is 6.07 Å². The number of piperidine rings is 1. The highest BCUT2D eigenvalue weighted by molar-refractivity contribution is 5.83. The van der Waals surface area contributed by atoms with Crippen molar-refractivity contribution in [3.63, 3.8) is 0 Å². The van der Waals surface area contributed by atoms with Gasteiger partial charge >= 0.3 is 0 Å². The van der Waals surface area contributed by atoms with Crippen LogP contribution in [-0.2, 0) is 0 Å². The maximum Gasteiger partial charge on any atom is 0.228 e.